The van der Waals surface area contributed by atoms with E-state index in [1.807, 2.05) is 0 Å². The Labute approximate surface area is 135 Å². The molecule has 0 bridgehead atoms. The minimum Gasteiger partial charge on any atom is -0.334 e. The van der Waals surface area contributed by atoms with E-state index in [1.165, 1.54) is 22.9 Å². The second-order valence-corrected chi connectivity index (χ2v) is 5.68. The highest BCUT2D eigenvalue weighted by Crippen LogP contribution is 2.35. The number of aryl methyl sites for hydroxylation is 1. The SMILES string of the molecule is Cc1cc2nccc(NC(=O)N[C@@H]3CC=CC[C@H]3C(F)(F)F)n2n1. The molecule has 6 nitrogen and oxygen atoms in total. The van der Waals surface area contributed by atoms with Crippen molar-refractivity contribution in [3.05, 3.63) is 36.2 Å². The summed E-state index contributed by atoms with van der Waals surface area (Å²) in [5.74, 6) is -1.25. The Morgan fingerprint density at radius 2 is 2.08 bits per heavy atom. The molecule has 2 heterocycles. The molecule has 0 spiro atoms. The first-order chi connectivity index (χ1) is 11.3. The Morgan fingerprint density at radius 1 is 1.33 bits per heavy atom. The molecule has 3 rings (SSSR count). The van der Waals surface area contributed by atoms with Crippen molar-refractivity contribution < 1.29 is 18.0 Å². The second-order valence-electron chi connectivity index (χ2n) is 5.68. The monoisotopic (exact) mass is 339 g/mol. The number of aromatic nitrogens is 3. The van der Waals surface area contributed by atoms with Crippen LogP contribution < -0.4 is 10.6 Å². The van der Waals surface area contributed by atoms with Gasteiger partial charge in [0.2, 0.25) is 0 Å². The zero-order valence-corrected chi connectivity index (χ0v) is 12.8. The maximum Gasteiger partial charge on any atom is 0.394 e. The molecule has 0 unspecified atom stereocenters. The van der Waals surface area contributed by atoms with E-state index < -0.39 is 24.2 Å². The second kappa shape index (κ2) is 6.14. The van der Waals surface area contributed by atoms with Crippen molar-refractivity contribution in [1.29, 1.82) is 0 Å². The number of fused-ring (bicyclic) bond motifs is 1. The number of alkyl halides is 3. The number of nitrogens with one attached hydrogen (secondary N) is 2. The summed E-state index contributed by atoms with van der Waals surface area (Å²) >= 11 is 0. The molecule has 2 atom stereocenters. The number of allylic oxidation sites excluding steroid dienone is 1. The van der Waals surface area contributed by atoms with Crippen molar-refractivity contribution in [2.24, 2.45) is 5.92 Å². The number of anilines is 1. The van der Waals surface area contributed by atoms with Gasteiger partial charge in [0.1, 0.15) is 5.82 Å². The predicted molar refractivity (Wildman–Crippen MR) is 81.6 cm³/mol. The van der Waals surface area contributed by atoms with Gasteiger partial charge in [0.25, 0.3) is 0 Å². The fourth-order valence-electron chi connectivity index (χ4n) is 2.76. The molecule has 1 aliphatic carbocycles. The van der Waals surface area contributed by atoms with E-state index in [4.69, 9.17) is 0 Å². The Balaban J connectivity index is 1.74. The summed E-state index contributed by atoms with van der Waals surface area (Å²) < 4.78 is 40.6. The van der Waals surface area contributed by atoms with E-state index in [0.717, 1.165) is 0 Å². The molecule has 0 aliphatic heterocycles. The van der Waals surface area contributed by atoms with Crippen LogP contribution >= 0.6 is 0 Å². The summed E-state index contributed by atoms with van der Waals surface area (Å²) in [6.45, 7) is 1.78. The smallest absolute Gasteiger partial charge is 0.334 e. The minimum atomic E-state index is -4.36. The van der Waals surface area contributed by atoms with Crippen molar-refractivity contribution >= 4 is 17.5 Å². The number of hydrogen-bond donors (Lipinski definition) is 2. The van der Waals surface area contributed by atoms with E-state index >= 15 is 0 Å². The van der Waals surface area contributed by atoms with Crippen LogP contribution in [0.2, 0.25) is 0 Å². The summed E-state index contributed by atoms with van der Waals surface area (Å²) in [4.78, 5) is 16.2. The largest absolute Gasteiger partial charge is 0.394 e. The molecule has 2 aromatic heterocycles. The topological polar surface area (TPSA) is 71.3 Å². The molecule has 0 fully saturated rings. The summed E-state index contributed by atoms with van der Waals surface area (Å²) in [6.07, 6.45) is 0.290. The van der Waals surface area contributed by atoms with Crippen LogP contribution in [-0.4, -0.2) is 32.8 Å². The molecule has 0 saturated heterocycles. The Morgan fingerprint density at radius 3 is 2.83 bits per heavy atom. The quantitative estimate of drug-likeness (QED) is 0.826. The highest BCUT2D eigenvalue weighted by molar-refractivity contribution is 5.88. The van der Waals surface area contributed by atoms with Crippen LogP contribution in [0.1, 0.15) is 18.5 Å². The third-order valence-corrected chi connectivity index (χ3v) is 3.89. The van der Waals surface area contributed by atoms with Gasteiger partial charge in [0.05, 0.1) is 11.6 Å². The molecule has 128 valence electrons. The molecule has 1 aliphatic rings. The first-order valence-electron chi connectivity index (χ1n) is 7.45. The zero-order chi connectivity index (χ0) is 17.3. The van der Waals surface area contributed by atoms with Crippen LogP contribution in [0.3, 0.4) is 0 Å². The fraction of sp³-hybridized carbons (Fsp3) is 0.400. The molecule has 0 saturated carbocycles. The summed E-state index contributed by atoms with van der Waals surface area (Å²) in [5, 5.41) is 9.14. The molecular formula is C15H16F3N5O. The molecule has 0 radical (unpaired) electrons. The van der Waals surface area contributed by atoms with E-state index in [2.05, 4.69) is 20.7 Å². The molecule has 2 aromatic rings. The van der Waals surface area contributed by atoms with Crippen LogP contribution in [0, 0.1) is 12.8 Å². The first-order valence-corrected chi connectivity index (χ1v) is 7.45. The van der Waals surface area contributed by atoms with Gasteiger partial charge in [0, 0.05) is 18.3 Å². The van der Waals surface area contributed by atoms with E-state index in [1.54, 1.807) is 19.1 Å². The van der Waals surface area contributed by atoms with Crippen LogP contribution in [0.15, 0.2) is 30.5 Å². The van der Waals surface area contributed by atoms with Gasteiger partial charge < -0.3 is 5.32 Å². The van der Waals surface area contributed by atoms with Crippen molar-refractivity contribution in [2.45, 2.75) is 32.0 Å². The normalized spacial score (nSPS) is 21.0. The van der Waals surface area contributed by atoms with E-state index in [-0.39, 0.29) is 12.8 Å². The Bertz CT molecular complexity index is 783. The van der Waals surface area contributed by atoms with Crippen molar-refractivity contribution in [3.63, 3.8) is 0 Å². The highest BCUT2D eigenvalue weighted by Gasteiger charge is 2.45. The lowest BCUT2D eigenvalue weighted by Gasteiger charge is -2.30. The molecule has 24 heavy (non-hydrogen) atoms. The number of urea groups is 1. The number of rotatable bonds is 2. The van der Waals surface area contributed by atoms with Crippen molar-refractivity contribution in [1.82, 2.24) is 19.9 Å². The maximum atomic E-state index is 13.1. The number of nitrogens with zero attached hydrogens (tertiary/aromatic N) is 3. The zero-order valence-electron chi connectivity index (χ0n) is 12.8. The summed E-state index contributed by atoms with van der Waals surface area (Å²) in [5.41, 5.74) is 1.26. The van der Waals surface area contributed by atoms with Gasteiger partial charge in [0.15, 0.2) is 5.65 Å². The molecule has 2 amide bonds. The fourth-order valence-corrected chi connectivity index (χ4v) is 2.76. The van der Waals surface area contributed by atoms with Gasteiger partial charge in [-0.2, -0.15) is 22.8 Å². The third kappa shape index (κ3) is 3.34. The Hall–Kier alpha value is -2.58. The van der Waals surface area contributed by atoms with Gasteiger partial charge in [-0.25, -0.2) is 9.78 Å². The summed E-state index contributed by atoms with van der Waals surface area (Å²) in [7, 11) is 0. The van der Waals surface area contributed by atoms with E-state index in [0.29, 0.717) is 17.2 Å². The van der Waals surface area contributed by atoms with Crippen LogP contribution in [0.4, 0.5) is 23.8 Å². The number of carbonyl (C=O) groups is 1. The molecular weight excluding hydrogens is 323 g/mol. The lowest BCUT2D eigenvalue weighted by Crippen LogP contribution is -2.48. The lowest BCUT2D eigenvalue weighted by atomic mass is 9.88. The van der Waals surface area contributed by atoms with Crippen LogP contribution in [0.5, 0.6) is 0 Å². The van der Waals surface area contributed by atoms with Gasteiger partial charge in [-0.05, 0) is 25.8 Å². The first kappa shape index (κ1) is 16.3. The molecule has 9 heteroatoms. The van der Waals surface area contributed by atoms with Gasteiger partial charge in [-0.15, -0.1) is 0 Å². The summed E-state index contributed by atoms with van der Waals surface area (Å²) in [6, 6.07) is 1.56. The Kier molecular flexibility index (Phi) is 4.16. The third-order valence-electron chi connectivity index (χ3n) is 3.89. The number of halogens is 3. The van der Waals surface area contributed by atoms with Gasteiger partial charge in [-0.1, -0.05) is 12.2 Å². The number of hydrogen-bond acceptors (Lipinski definition) is 3. The van der Waals surface area contributed by atoms with Gasteiger partial charge >= 0.3 is 12.2 Å². The number of carbonyl (C=O) groups excluding carboxylic acids is 1. The average Bonchev–Trinajstić information content (AvgIpc) is 2.88. The van der Waals surface area contributed by atoms with Crippen molar-refractivity contribution in [3.8, 4) is 0 Å². The minimum absolute atomic E-state index is 0.133. The average molecular weight is 339 g/mol. The van der Waals surface area contributed by atoms with Crippen molar-refractivity contribution in [2.75, 3.05) is 5.32 Å². The maximum absolute atomic E-state index is 13.1. The number of amides is 2. The predicted octanol–water partition coefficient (Wildman–Crippen LogP) is 3.06. The van der Waals surface area contributed by atoms with Crippen LogP contribution in [0.25, 0.3) is 5.65 Å². The van der Waals surface area contributed by atoms with Crippen LogP contribution in [-0.2, 0) is 0 Å². The lowest BCUT2D eigenvalue weighted by molar-refractivity contribution is -0.181. The molecule has 0 aromatic carbocycles. The molecule has 2 N–H and O–H groups in total. The van der Waals surface area contributed by atoms with Gasteiger partial charge in [-0.3, -0.25) is 5.32 Å². The van der Waals surface area contributed by atoms with E-state index in [9.17, 15) is 18.0 Å². The highest BCUT2D eigenvalue weighted by atomic mass is 19.4. The standard InChI is InChI=1S/C15H16F3N5O/c1-9-8-13-19-7-6-12(23(13)22-9)21-14(24)20-11-5-3-2-4-10(11)15(16,17)18/h2-3,6-8,10-11H,4-5H2,1H3,(H2,20,21,24)/t10-,11-/m1/s1.